The number of imidazole rings is 1. The van der Waals surface area contributed by atoms with E-state index in [2.05, 4.69) is 10.3 Å². The lowest BCUT2D eigenvalue weighted by molar-refractivity contribution is 0.249. The molecule has 2 aromatic rings. The van der Waals surface area contributed by atoms with Crippen molar-refractivity contribution in [2.24, 2.45) is 0 Å². The largest absolute Gasteiger partial charge is 0.370 e. The van der Waals surface area contributed by atoms with Crippen molar-refractivity contribution in [2.45, 2.75) is 13.2 Å². The molecule has 3 rings (SSSR count). The Morgan fingerprint density at radius 1 is 1.40 bits per heavy atom. The van der Waals surface area contributed by atoms with Crippen LogP contribution in [-0.2, 0) is 0 Å². The van der Waals surface area contributed by atoms with Crippen LogP contribution in [0, 0.1) is 0 Å². The zero-order chi connectivity index (χ0) is 10.4. The molecule has 0 saturated carbocycles. The Balaban J connectivity index is 2.35. The fraction of sp³-hybridized carbons (Fsp3) is 0.182. The second-order valence-electron chi connectivity index (χ2n) is 3.66. The number of aromatic nitrogens is 2. The van der Waals surface area contributed by atoms with E-state index in [-0.39, 0.29) is 0 Å². The third-order valence-electron chi connectivity index (χ3n) is 2.59. The third kappa shape index (κ3) is 1.15. The number of nitrogens with one attached hydrogen (secondary N) is 1. The molecule has 0 unspecified atom stereocenters. The number of hydrogen-bond acceptors (Lipinski definition) is 3. The summed E-state index contributed by atoms with van der Waals surface area (Å²) in [5.41, 5.74) is 2.98. The van der Waals surface area contributed by atoms with E-state index in [1.807, 2.05) is 35.8 Å². The SMILES string of the molecule is CC1=C[C@H](O)Nc2nc3ccccc3n21. The minimum Gasteiger partial charge on any atom is -0.370 e. The Hall–Kier alpha value is -1.81. The lowest BCUT2D eigenvalue weighted by Gasteiger charge is -2.19. The molecule has 4 heteroatoms. The first-order valence-corrected chi connectivity index (χ1v) is 4.86. The summed E-state index contributed by atoms with van der Waals surface area (Å²) in [5.74, 6) is 0.698. The molecule has 1 atom stereocenters. The fourth-order valence-electron chi connectivity index (χ4n) is 1.96. The fourth-order valence-corrected chi connectivity index (χ4v) is 1.96. The van der Waals surface area contributed by atoms with Gasteiger partial charge in [0.05, 0.1) is 11.0 Å². The number of allylic oxidation sites excluding steroid dienone is 1. The van der Waals surface area contributed by atoms with Gasteiger partial charge in [-0.25, -0.2) is 4.98 Å². The van der Waals surface area contributed by atoms with Crippen molar-refractivity contribution in [1.82, 2.24) is 9.55 Å². The highest BCUT2D eigenvalue weighted by molar-refractivity contribution is 5.83. The van der Waals surface area contributed by atoms with Crippen LogP contribution in [0.3, 0.4) is 0 Å². The Morgan fingerprint density at radius 2 is 2.20 bits per heavy atom. The van der Waals surface area contributed by atoms with Crippen LogP contribution in [0.15, 0.2) is 30.3 Å². The van der Waals surface area contributed by atoms with Crippen molar-refractivity contribution in [2.75, 3.05) is 5.32 Å². The molecule has 0 aliphatic carbocycles. The van der Waals surface area contributed by atoms with Crippen LogP contribution in [-0.4, -0.2) is 20.9 Å². The Kier molecular flexibility index (Phi) is 1.61. The summed E-state index contributed by atoms with van der Waals surface area (Å²) in [6, 6.07) is 7.91. The minimum absolute atomic E-state index is 0.644. The number of fused-ring (bicyclic) bond motifs is 3. The van der Waals surface area contributed by atoms with Crippen LogP contribution in [0.1, 0.15) is 6.92 Å². The van der Waals surface area contributed by atoms with Crippen molar-refractivity contribution in [3.63, 3.8) is 0 Å². The molecule has 0 amide bonds. The average molecular weight is 201 g/mol. The second-order valence-corrected chi connectivity index (χ2v) is 3.66. The van der Waals surface area contributed by atoms with Crippen LogP contribution < -0.4 is 5.32 Å². The zero-order valence-corrected chi connectivity index (χ0v) is 8.31. The van der Waals surface area contributed by atoms with E-state index in [0.717, 1.165) is 16.7 Å². The van der Waals surface area contributed by atoms with Gasteiger partial charge in [-0.2, -0.15) is 0 Å². The maximum absolute atomic E-state index is 9.51. The molecule has 0 saturated heterocycles. The number of aliphatic hydroxyl groups is 1. The van der Waals surface area contributed by atoms with Crippen LogP contribution in [0.2, 0.25) is 0 Å². The molecule has 4 nitrogen and oxygen atoms in total. The molecular weight excluding hydrogens is 190 g/mol. The number of benzene rings is 1. The first-order valence-electron chi connectivity index (χ1n) is 4.86. The summed E-state index contributed by atoms with van der Waals surface area (Å²) in [6.07, 6.45) is 1.12. The zero-order valence-electron chi connectivity index (χ0n) is 8.31. The van der Waals surface area contributed by atoms with E-state index in [1.165, 1.54) is 0 Å². The lowest BCUT2D eigenvalue weighted by Crippen LogP contribution is -2.23. The Labute approximate surface area is 86.9 Å². The number of aliphatic hydroxyl groups excluding tert-OH is 1. The van der Waals surface area contributed by atoms with E-state index >= 15 is 0 Å². The molecule has 2 N–H and O–H groups in total. The molecular formula is C11H11N3O. The molecule has 0 fully saturated rings. The van der Waals surface area contributed by atoms with Gasteiger partial charge in [-0.3, -0.25) is 4.57 Å². The van der Waals surface area contributed by atoms with Crippen molar-refractivity contribution in [3.8, 4) is 0 Å². The predicted molar refractivity (Wildman–Crippen MR) is 59.3 cm³/mol. The molecule has 1 aromatic carbocycles. The van der Waals surface area contributed by atoms with Crippen LogP contribution in [0.5, 0.6) is 0 Å². The molecule has 1 aromatic heterocycles. The van der Waals surface area contributed by atoms with Gasteiger partial charge in [0.25, 0.3) is 0 Å². The Bertz CT molecular complexity index is 556. The van der Waals surface area contributed by atoms with E-state index < -0.39 is 6.23 Å². The normalized spacial score (nSPS) is 19.6. The van der Waals surface area contributed by atoms with Crippen molar-refractivity contribution in [1.29, 1.82) is 0 Å². The summed E-state index contributed by atoms with van der Waals surface area (Å²) in [6.45, 7) is 1.96. The summed E-state index contributed by atoms with van der Waals surface area (Å²) in [7, 11) is 0. The Morgan fingerprint density at radius 3 is 3.07 bits per heavy atom. The topological polar surface area (TPSA) is 50.1 Å². The quantitative estimate of drug-likeness (QED) is 0.681. The van der Waals surface area contributed by atoms with Crippen LogP contribution in [0.4, 0.5) is 5.95 Å². The van der Waals surface area contributed by atoms with Gasteiger partial charge in [0, 0.05) is 5.70 Å². The molecule has 0 bridgehead atoms. The van der Waals surface area contributed by atoms with Gasteiger partial charge in [0.15, 0.2) is 0 Å². The smallest absolute Gasteiger partial charge is 0.210 e. The van der Waals surface area contributed by atoms with Crippen molar-refractivity contribution >= 4 is 22.7 Å². The highest BCUT2D eigenvalue weighted by Crippen LogP contribution is 2.27. The van der Waals surface area contributed by atoms with Crippen LogP contribution >= 0.6 is 0 Å². The highest BCUT2D eigenvalue weighted by atomic mass is 16.3. The second kappa shape index (κ2) is 2.84. The lowest BCUT2D eigenvalue weighted by atomic mass is 10.3. The molecule has 1 aliphatic heterocycles. The number of rotatable bonds is 0. The van der Waals surface area contributed by atoms with E-state index in [0.29, 0.717) is 5.95 Å². The van der Waals surface area contributed by atoms with Crippen molar-refractivity contribution < 1.29 is 5.11 Å². The van der Waals surface area contributed by atoms with Gasteiger partial charge in [0.1, 0.15) is 6.23 Å². The maximum Gasteiger partial charge on any atom is 0.210 e. The van der Waals surface area contributed by atoms with Gasteiger partial charge < -0.3 is 10.4 Å². The molecule has 76 valence electrons. The monoisotopic (exact) mass is 201 g/mol. The standard InChI is InChI=1S/C11H11N3O/c1-7-6-10(15)13-11-12-8-4-2-3-5-9(8)14(7)11/h2-6,10,15H,1H3,(H,12,13)/t10-/m0/s1. The number of hydrogen-bond donors (Lipinski definition) is 2. The molecule has 0 spiro atoms. The molecule has 15 heavy (non-hydrogen) atoms. The number of para-hydroxylation sites is 2. The third-order valence-corrected chi connectivity index (χ3v) is 2.59. The van der Waals surface area contributed by atoms with Gasteiger partial charge >= 0.3 is 0 Å². The first-order chi connectivity index (χ1) is 7.25. The van der Waals surface area contributed by atoms with E-state index in [1.54, 1.807) is 6.08 Å². The van der Waals surface area contributed by atoms with Gasteiger partial charge in [-0.05, 0) is 25.1 Å². The number of nitrogens with zero attached hydrogens (tertiary/aromatic N) is 2. The first kappa shape index (κ1) is 8.49. The van der Waals surface area contributed by atoms with E-state index in [9.17, 15) is 5.11 Å². The molecule has 2 heterocycles. The maximum atomic E-state index is 9.51. The predicted octanol–water partition coefficient (Wildman–Crippen LogP) is 1.64. The molecule has 0 radical (unpaired) electrons. The molecule has 1 aliphatic rings. The summed E-state index contributed by atoms with van der Waals surface area (Å²) in [4.78, 5) is 4.41. The van der Waals surface area contributed by atoms with Gasteiger partial charge in [-0.15, -0.1) is 0 Å². The van der Waals surface area contributed by atoms with Crippen molar-refractivity contribution in [3.05, 3.63) is 30.3 Å². The highest BCUT2D eigenvalue weighted by Gasteiger charge is 2.17. The van der Waals surface area contributed by atoms with Gasteiger partial charge in [0.2, 0.25) is 5.95 Å². The summed E-state index contributed by atoms with van der Waals surface area (Å²) < 4.78 is 2.00. The summed E-state index contributed by atoms with van der Waals surface area (Å²) >= 11 is 0. The number of anilines is 1. The van der Waals surface area contributed by atoms with E-state index in [4.69, 9.17) is 0 Å². The van der Waals surface area contributed by atoms with Gasteiger partial charge in [-0.1, -0.05) is 12.1 Å². The van der Waals surface area contributed by atoms with Crippen LogP contribution in [0.25, 0.3) is 16.7 Å². The average Bonchev–Trinajstić information content (AvgIpc) is 2.54. The minimum atomic E-state index is -0.644. The summed E-state index contributed by atoms with van der Waals surface area (Å²) in [5, 5.41) is 12.4.